The standard InChI is InChI=1S/C13H13N3O/c17-13-15-7-2-8-16(13)11-4-5-12-10(9-11)3-1-6-14-12/h1,3-6,9H,2,7-8H2,(H,15,17). The number of carbonyl (C=O) groups excluding carboxylic acids is 1. The second-order valence-corrected chi connectivity index (χ2v) is 4.12. The van der Waals surface area contributed by atoms with Gasteiger partial charge in [0, 0.05) is 30.4 Å². The lowest BCUT2D eigenvalue weighted by Crippen LogP contribution is -2.46. The monoisotopic (exact) mass is 227 g/mol. The highest BCUT2D eigenvalue weighted by molar-refractivity contribution is 5.95. The van der Waals surface area contributed by atoms with Crippen molar-refractivity contribution in [3.63, 3.8) is 0 Å². The van der Waals surface area contributed by atoms with Crippen molar-refractivity contribution in [3.8, 4) is 0 Å². The van der Waals surface area contributed by atoms with Crippen molar-refractivity contribution in [2.75, 3.05) is 18.0 Å². The van der Waals surface area contributed by atoms with Gasteiger partial charge in [-0.15, -0.1) is 0 Å². The average Bonchev–Trinajstić information content (AvgIpc) is 2.39. The number of fused-ring (bicyclic) bond motifs is 1. The zero-order valence-electron chi connectivity index (χ0n) is 9.39. The molecule has 3 rings (SSSR count). The fourth-order valence-electron chi connectivity index (χ4n) is 2.11. The molecule has 1 N–H and O–H groups in total. The summed E-state index contributed by atoms with van der Waals surface area (Å²) in [5.74, 6) is 0. The van der Waals surface area contributed by atoms with Gasteiger partial charge in [-0.2, -0.15) is 0 Å². The molecule has 17 heavy (non-hydrogen) atoms. The van der Waals surface area contributed by atoms with Crippen LogP contribution in [0.2, 0.25) is 0 Å². The number of carbonyl (C=O) groups is 1. The molecule has 0 unspecified atom stereocenters. The third-order valence-electron chi connectivity index (χ3n) is 2.98. The van der Waals surface area contributed by atoms with E-state index in [0.29, 0.717) is 0 Å². The van der Waals surface area contributed by atoms with Crippen molar-refractivity contribution in [3.05, 3.63) is 36.5 Å². The fraction of sp³-hybridized carbons (Fsp3) is 0.231. The Hall–Kier alpha value is -2.10. The minimum Gasteiger partial charge on any atom is -0.338 e. The maximum Gasteiger partial charge on any atom is 0.321 e. The molecule has 86 valence electrons. The number of hydrogen-bond acceptors (Lipinski definition) is 2. The molecule has 2 amide bonds. The summed E-state index contributed by atoms with van der Waals surface area (Å²) in [4.78, 5) is 17.8. The molecule has 1 aromatic carbocycles. The van der Waals surface area contributed by atoms with Gasteiger partial charge in [0.05, 0.1) is 5.52 Å². The van der Waals surface area contributed by atoms with Gasteiger partial charge in [0.1, 0.15) is 0 Å². The number of anilines is 1. The number of urea groups is 1. The maximum absolute atomic E-state index is 11.7. The summed E-state index contributed by atoms with van der Waals surface area (Å²) in [7, 11) is 0. The minimum absolute atomic E-state index is 0.0144. The second kappa shape index (κ2) is 4.05. The van der Waals surface area contributed by atoms with Crippen LogP contribution >= 0.6 is 0 Å². The molecular formula is C13H13N3O. The van der Waals surface area contributed by atoms with Crippen LogP contribution in [-0.2, 0) is 0 Å². The third-order valence-corrected chi connectivity index (χ3v) is 2.98. The van der Waals surface area contributed by atoms with Crippen LogP contribution in [0.4, 0.5) is 10.5 Å². The molecule has 2 aromatic rings. The van der Waals surface area contributed by atoms with Gasteiger partial charge in [0.15, 0.2) is 0 Å². The Morgan fingerprint density at radius 1 is 1.29 bits per heavy atom. The first-order valence-electron chi connectivity index (χ1n) is 5.75. The van der Waals surface area contributed by atoms with Crippen LogP contribution in [0.3, 0.4) is 0 Å². The van der Waals surface area contributed by atoms with Gasteiger partial charge in [-0.3, -0.25) is 9.88 Å². The molecule has 2 heterocycles. The van der Waals surface area contributed by atoms with E-state index in [2.05, 4.69) is 10.3 Å². The van der Waals surface area contributed by atoms with Crippen molar-refractivity contribution < 1.29 is 4.79 Å². The third kappa shape index (κ3) is 1.82. The molecule has 1 aromatic heterocycles. The Kier molecular flexibility index (Phi) is 2.40. The summed E-state index contributed by atoms with van der Waals surface area (Å²) in [5, 5.41) is 3.91. The molecule has 0 radical (unpaired) electrons. The summed E-state index contributed by atoms with van der Waals surface area (Å²) < 4.78 is 0. The Labute approximate surface area is 99.3 Å². The molecule has 0 bridgehead atoms. The number of rotatable bonds is 1. The molecule has 4 nitrogen and oxygen atoms in total. The van der Waals surface area contributed by atoms with E-state index in [1.165, 1.54) is 0 Å². The fourth-order valence-corrected chi connectivity index (χ4v) is 2.11. The van der Waals surface area contributed by atoms with Gasteiger partial charge in [0.2, 0.25) is 0 Å². The first kappa shape index (κ1) is 10.1. The lowest BCUT2D eigenvalue weighted by Gasteiger charge is -2.27. The smallest absolute Gasteiger partial charge is 0.321 e. The number of benzene rings is 1. The predicted octanol–water partition coefficient (Wildman–Crippen LogP) is 2.15. The normalized spacial score (nSPS) is 16.0. The zero-order valence-corrected chi connectivity index (χ0v) is 9.39. The zero-order chi connectivity index (χ0) is 11.7. The van der Waals surface area contributed by atoms with Gasteiger partial charge in [-0.25, -0.2) is 4.79 Å². The van der Waals surface area contributed by atoms with E-state index in [1.54, 1.807) is 11.1 Å². The van der Waals surface area contributed by atoms with Gasteiger partial charge >= 0.3 is 6.03 Å². The van der Waals surface area contributed by atoms with E-state index in [0.717, 1.165) is 36.1 Å². The summed E-state index contributed by atoms with van der Waals surface area (Å²) in [6, 6.07) is 9.80. The lowest BCUT2D eigenvalue weighted by atomic mass is 10.1. The summed E-state index contributed by atoms with van der Waals surface area (Å²) >= 11 is 0. The number of pyridine rings is 1. The topological polar surface area (TPSA) is 45.2 Å². The molecule has 0 aliphatic carbocycles. The SMILES string of the molecule is O=C1NCCCN1c1ccc2ncccc2c1. The first-order valence-corrected chi connectivity index (χ1v) is 5.75. The Morgan fingerprint density at radius 3 is 3.12 bits per heavy atom. The average molecular weight is 227 g/mol. The van der Waals surface area contributed by atoms with Gasteiger partial charge < -0.3 is 5.32 Å². The minimum atomic E-state index is -0.0144. The molecule has 1 aliphatic heterocycles. The molecule has 1 aliphatic rings. The highest BCUT2D eigenvalue weighted by Gasteiger charge is 2.18. The Balaban J connectivity index is 2.02. The van der Waals surface area contributed by atoms with Crippen molar-refractivity contribution in [1.29, 1.82) is 0 Å². The lowest BCUT2D eigenvalue weighted by molar-refractivity contribution is 0.243. The molecule has 1 saturated heterocycles. The van der Waals surface area contributed by atoms with E-state index in [9.17, 15) is 4.79 Å². The van der Waals surface area contributed by atoms with Crippen LogP contribution in [0.25, 0.3) is 10.9 Å². The van der Waals surface area contributed by atoms with Crippen molar-refractivity contribution in [1.82, 2.24) is 10.3 Å². The second-order valence-electron chi connectivity index (χ2n) is 4.12. The predicted molar refractivity (Wildman–Crippen MR) is 67.1 cm³/mol. The van der Waals surface area contributed by atoms with E-state index >= 15 is 0 Å². The molecule has 0 saturated carbocycles. The van der Waals surface area contributed by atoms with E-state index in [4.69, 9.17) is 0 Å². The highest BCUT2D eigenvalue weighted by Crippen LogP contribution is 2.21. The number of nitrogens with zero attached hydrogens (tertiary/aromatic N) is 2. The van der Waals surface area contributed by atoms with Crippen LogP contribution in [-0.4, -0.2) is 24.1 Å². The maximum atomic E-state index is 11.7. The van der Waals surface area contributed by atoms with Crippen LogP contribution in [0.1, 0.15) is 6.42 Å². The quantitative estimate of drug-likeness (QED) is 0.811. The van der Waals surface area contributed by atoms with E-state index in [1.807, 2.05) is 30.3 Å². The van der Waals surface area contributed by atoms with E-state index in [-0.39, 0.29) is 6.03 Å². The summed E-state index contributed by atoms with van der Waals surface area (Å²) in [5.41, 5.74) is 1.89. The van der Waals surface area contributed by atoms with Crippen LogP contribution < -0.4 is 10.2 Å². The highest BCUT2D eigenvalue weighted by atomic mass is 16.2. The molecular weight excluding hydrogens is 214 g/mol. The number of hydrogen-bond donors (Lipinski definition) is 1. The molecule has 1 fully saturated rings. The summed E-state index contributed by atoms with van der Waals surface area (Å²) in [6.45, 7) is 1.54. The van der Waals surface area contributed by atoms with Crippen LogP contribution in [0.15, 0.2) is 36.5 Å². The number of amides is 2. The van der Waals surface area contributed by atoms with Crippen molar-refractivity contribution >= 4 is 22.6 Å². The largest absolute Gasteiger partial charge is 0.338 e. The van der Waals surface area contributed by atoms with Crippen molar-refractivity contribution in [2.45, 2.75) is 6.42 Å². The number of aromatic nitrogens is 1. The van der Waals surface area contributed by atoms with E-state index < -0.39 is 0 Å². The van der Waals surface area contributed by atoms with Gasteiger partial charge in [-0.1, -0.05) is 6.07 Å². The van der Waals surface area contributed by atoms with Crippen molar-refractivity contribution in [2.24, 2.45) is 0 Å². The first-order chi connectivity index (χ1) is 8.34. The van der Waals surface area contributed by atoms with Gasteiger partial charge in [0.25, 0.3) is 0 Å². The molecule has 0 spiro atoms. The van der Waals surface area contributed by atoms with Crippen LogP contribution in [0, 0.1) is 0 Å². The van der Waals surface area contributed by atoms with Crippen LogP contribution in [0.5, 0.6) is 0 Å². The summed E-state index contributed by atoms with van der Waals surface area (Å²) in [6.07, 6.45) is 2.76. The number of nitrogens with one attached hydrogen (secondary N) is 1. The Morgan fingerprint density at radius 2 is 2.24 bits per heavy atom. The molecule has 4 heteroatoms. The Bertz CT molecular complexity index is 567. The van der Waals surface area contributed by atoms with Gasteiger partial charge in [-0.05, 0) is 30.7 Å². The molecule has 0 atom stereocenters.